The fourth-order valence-electron chi connectivity index (χ4n) is 0.839. The molecule has 0 fully saturated rings. The van der Waals surface area contributed by atoms with Crippen molar-refractivity contribution in [3.05, 3.63) is 27.5 Å². The van der Waals surface area contributed by atoms with E-state index < -0.39 is 10.9 Å². The Labute approximate surface area is 81.7 Å². The minimum Gasteiger partial charge on any atom is -0.390 e. The van der Waals surface area contributed by atoms with Crippen LogP contribution in [0.1, 0.15) is 0 Å². The lowest BCUT2D eigenvalue weighted by atomic mass is 10.7. The molecule has 0 saturated carbocycles. The van der Waals surface area contributed by atoms with Gasteiger partial charge in [-0.3, -0.25) is 0 Å². The summed E-state index contributed by atoms with van der Waals surface area (Å²) >= 11 is 5.60. The van der Waals surface area contributed by atoms with E-state index in [0.29, 0.717) is 5.02 Å². The number of hydrogen-bond acceptors (Lipinski definition) is 5. The van der Waals surface area contributed by atoms with Gasteiger partial charge in [-0.05, 0) is 9.91 Å². The topological polar surface area (TPSA) is 103 Å². The summed E-state index contributed by atoms with van der Waals surface area (Å²) in [6.07, 6.45) is 2.82. The van der Waals surface area contributed by atoms with Crippen molar-refractivity contribution in [2.45, 2.75) is 0 Å². The summed E-state index contributed by atoms with van der Waals surface area (Å²) in [5, 5.41) is 20.2. The van der Waals surface area contributed by atoms with Crippen LogP contribution in [0, 0.1) is 10.1 Å². The molecule has 8 nitrogen and oxygen atoms in total. The molecule has 72 valence electrons. The molecule has 2 rings (SSSR count). The Hall–Kier alpha value is -1.96. The largest absolute Gasteiger partial charge is 0.455 e. The molecule has 2 aromatic heterocycles. The first-order chi connectivity index (χ1) is 6.66. The van der Waals surface area contributed by atoms with Crippen molar-refractivity contribution < 1.29 is 4.92 Å². The molecule has 0 spiro atoms. The van der Waals surface area contributed by atoms with Crippen molar-refractivity contribution in [2.75, 3.05) is 0 Å². The first-order valence-electron chi connectivity index (χ1n) is 3.44. The highest BCUT2D eigenvalue weighted by Crippen LogP contribution is 2.09. The molecule has 0 aliphatic carbocycles. The summed E-state index contributed by atoms with van der Waals surface area (Å²) in [7, 11) is 0. The molecule has 9 heteroatoms. The summed E-state index contributed by atoms with van der Waals surface area (Å²) in [4.78, 5) is 13.2. The van der Waals surface area contributed by atoms with Crippen LogP contribution in [0.3, 0.4) is 0 Å². The first kappa shape index (κ1) is 8.63. The van der Waals surface area contributed by atoms with E-state index in [-0.39, 0.29) is 5.95 Å². The van der Waals surface area contributed by atoms with Gasteiger partial charge in [0, 0.05) is 0 Å². The number of nitro groups is 1. The number of nitrogens with one attached hydrogen (secondary N) is 1. The lowest BCUT2D eigenvalue weighted by Gasteiger charge is -1.85. The molecule has 0 radical (unpaired) electrons. The third-order valence-corrected chi connectivity index (χ3v) is 1.59. The molecule has 2 heterocycles. The molecule has 1 N–H and O–H groups in total. The summed E-state index contributed by atoms with van der Waals surface area (Å²) in [5.74, 6) is -0.366. The molecule has 2 aromatic rings. The van der Waals surface area contributed by atoms with Crippen LogP contribution in [0.2, 0.25) is 5.02 Å². The average Bonchev–Trinajstić information content (AvgIpc) is 2.70. The Morgan fingerprint density at radius 1 is 1.64 bits per heavy atom. The minimum atomic E-state index is -0.679. The number of nitrogens with zero attached hydrogens (tertiary/aromatic N) is 5. The first-order valence-corrected chi connectivity index (χ1v) is 3.82. The van der Waals surface area contributed by atoms with E-state index in [9.17, 15) is 10.1 Å². The predicted octanol–water partition coefficient (Wildman–Crippen LogP) is 0.552. The molecule has 0 unspecified atom stereocenters. The van der Waals surface area contributed by atoms with Gasteiger partial charge in [0.25, 0.3) is 0 Å². The van der Waals surface area contributed by atoms with Crippen molar-refractivity contribution in [1.29, 1.82) is 0 Å². The number of halogens is 1. The highest BCUT2D eigenvalue weighted by atomic mass is 35.5. The van der Waals surface area contributed by atoms with E-state index >= 15 is 0 Å². The summed E-state index contributed by atoms with van der Waals surface area (Å²) in [5.41, 5.74) is 0. The Bertz CT molecular complexity index is 476. The minimum absolute atomic E-state index is 0.0728. The Morgan fingerprint density at radius 2 is 2.43 bits per heavy atom. The van der Waals surface area contributed by atoms with Gasteiger partial charge in [0.05, 0.1) is 17.4 Å². The fraction of sp³-hybridized carbons (Fsp3) is 0. The number of aromatic amines is 1. The highest BCUT2D eigenvalue weighted by molar-refractivity contribution is 6.30. The normalized spacial score (nSPS) is 10.4. The Balaban J connectivity index is 2.38. The van der Waals surface area contributed by atoms with Crippen LogP contribution in [-0.2, 0) is 0 Å². The van der Waals surface area contributed by atoms with Crippen molar-refractivity contribution in [2.24, 2.45) is 0 Å². The predicted molar refractivity (Wildman–Crippen MR) is 45.2 cm³/mol. The number of aromatic nitrogens is 5. The van der Waals surface area contributed by atoms with Crippen LogP contribution < -0.4 is 0 Å². The molecule has 14 heavy (non-hydrogen) atoms. The monoisotopic (exact) mass is 214 g/mol. The van der Waals surface area contributed by atoms with Crippen molar-refractivity contribution in [3.8, 4) is 5.95 Å². The Kier molecular flexibility index (Phi) is 1.89. The van der Waals surface area contributed by atoms with Gasteiger partial charge >= 0.3 is 11.9 Å². The van der Waals surface area contributed by atoms with Crippen LogP contribution in [-0.4, -0.2) is 29.9 Å². The smallest absolute Gasteiger partial charge is 0.390 e. The van der Waals surface area contributed by atoms with Crippen LogP contribution in [0.25, 0.3) is 5.95 Å². The maximum atomic E-state index is 10.3. The van der Waals surface area contributed by atoms with E-state index in [1.165, 1.54) is 17.1 Å². The van der Waals surface area contributed by atoms with E-state index in [0.717, 1.165) is 0 Å². The molecule has 0 atom stereocenters. The molecular formula is C5H3ClN6O2. The standard InChI is InChI=1S/C5H3ClN6O2/c6-3-1-7-11(2-3)4-8-5(10-9-4)12(13)14/h1-2H,(H,8,9,10). The van der Waals surface area contributed by atoms with E-state index in [2.05, 4.69) is 20.3 Å². The van der Waals surface area contributed by atoms with E-state index in [4.69, 9.17) is 11.6 Å². The third-order valence-electron chi connectivity index (χ3n) is 1.39. The van der Waals surface area contributed by atoms with Gasteiger partial charge in [0.2, 0.25) is 0 Å². The lowest BCUT2D eigenvalue weighted by molar-refractivity contribution is -0.394. The van der Waals surface area contributed by atoms with Gasteiger partial charge in [-0.1, -0.05) is 16.7 Å². The van der Waals surface area contributed by atoms with Gasteiger partial charge in [-0.15, -0.1) is 5.10 Å². The maximum absolute atomic E-state index is 10.3. The van der Waals surface area contributed by atoms with E-state index in [1.807, 2.05) is 0 Å². The summed E-state index contributed by atoms with van der Waals surface area (Å²) in [6, 6.07) is 0. The zero-order valence-electron chi connectivity index (χ0n) is 6.59. The van der Waals surface area contributed by atoms with Gasteiger partial charge < -0.3 is 10.1 Å². The number of hydrogen-bond donors (Lipinski definition) is 1. The van der Waals surface area contributed by atoms with Crippen LogP contribution in [0.5, 0.6) is 0 Å². The van der Waals surface area contributed by atoms with Crippen LogP contribution in [0.15, 0.2) is 12.4 Å². The SMILES string of the molecule is O=[N+]([O-])c1nc(-n2cc(Cl)cn2)n[nH]1. The van der Waals surface area contributed by atoms with E-state index in [1.54, 1.807) is 0 Å². The van der Waals surface area contributed by atoms with Gasteiger partial charge in [-0.2, -0.15) is 9.78 Å². The molecule has 0 saturated heterocycles. The number of H-pyrrole nitrogens is 1. The fourth-order valence-corrected chi connectivity index (χ4v) is 0.975. The van der Waals surface area contributed by atoms with Crippen LogP contribution in [0.4, 0.5) is 5.95 Å². The molecule has 0 amide bonds. The average molecular weight is 215 g/mol. The molecule has 0 aliphatic heterocycles. The molecule has 0 aliphatic rings. The molecule has 0 aromatic carbocycles. The third kappa shape index (κ3) is 1.42. The Morgan fingerprint density at radius 3 is 2.93 bits per heavy atom. The number of rotatable bonds is 2. The maximum Gasteiger partial charge on any atom is 0.455 e. The molecular weight excluding hydrogens is 212 g/mol. The van der Waals surface area contributed by atoms with Crippen molar-refractivity contribution in [1.82, 2.24) is 25.0 Å². The van der Waals surface area contributed by atoms with Gasteiger partial charge in [-0.25, -0.2) is 0 Å². The second-order valence-corrected chi connectivity index (χ2v) is 2.76. The second-order valence-electron chi connectivity index (χ2n) is 2.32. The zero-order valence-corrected chi connectivity index (χ0v) is 7.34. The van der Waals surface area contributed by atoms with Gasteiger partial charge in [0.15, 0.2) is 0 Å². The van der Waals surface area contributed by atoms with Gasteiger partial charge in [0.1, 0.15) is 0 Å². The van der Waals surface area contributed by atoms with Crippen LogP contribution >= 0.6 is 11.6 Å². The van der Waals surface area contributed by atoms with Crippen molar-refractivity contribution in [3.63, 3.8) is 0 Å². The molecule has 0 bridgehead atoms. The quantitative estimate of drug-likeness (QED) is 0.581. The summed E-state index contributed by atoms with van der Waals surface area (Å²) in [6.45, 7) is 0. The zero-order chi connectivity index (χ0) is 10.1. The summed E-state index contributed by atoms with van der Waals surface area (Å²) < 4.78 is 1.23. The highest BCUT2D eigenvalue weighted by Gasteiger charge is 2.15. The lowest BCUT2D eigenvalue weighted by Crippen LogP contribution is -1.96. The van der Waals surface area contributed by atoms with Crippen molar-refractivity contribution >= 4 is 17.5 Å². The second kappa shape index (κ2) is 3.07.